The SMILES string of the molecule is N#Cc1cc(S(N)(=O)=O)ccc1N1CCCC(CC(N)=O)C1. The van der Waals surface area contributed by atoms with E-state index in [9.17, 15) is 18.5 Å². The normalized spacial score (nSPS) is 18.7. The van der Waals surface area contributed by atoms with Gasteiger partial charge in [0.05, 0.1) is 16.1 Å². The standard InChI is InChI=1S/C14H18N4O3S/c15-8-11-7-12(22(17,20)21)3-4-13(11)18-5-1-2-10(9-18)6-14(16)19/h3-4,7,10H,1-2,5-6,9H2,(H2,16,19)(H2,17,20,21). The highest BCUT2D eigenvalue weighted by atomic mass is 32.2. The molecule has 1 heterocycles. The Morgan fingerprint density at radius 3 is 2.77 bits per heavy atom. The van der Waals surface area contributed by atoms with Crippen molar-refractivity contribution in [1.82, 2.24) is 0 Å². The van der Waals surface area contributed by atoms with Crippen LogP contribution in [0, 0.1) is 17.2 Å². The number of hydrogen-bond donors (Lipinski definition) is 2. The van der Waals surface area contributed by atoms with Crippen LogP contribution in [0.25, 0.3) is 0 Å². The van der Waals surface area contributed by atoms with Crippen molar-refractivity contribution in [1.29, 1.82) is 5.26 Å². The molecule has 0 aliphatic carbocycles. The van der Waals surface area contributed by atoms with E-state index in [1.54, 1.807) is 6.07 Å². The fraction of sp³-hybridized carbons (Fsp3) is 0.429. The van der Waals surface area contributed by atoms with Crippen LogP contribution in [0.2, 0.25) is 0 Å². The van der Waals surface area contributed by atoms with Crippen LogP contribution in [-0.4, -0.2) is 27.4 Å². The number of carbonyl (C=O) groups excluding carboxylic acids is 1. The third kappa shape index (κ3) is 3.75. The van der Waals surface area contributed by atoms with Crippen molar-refractivity contribution in [2.45, 2.75) is 24.2 Å². The van der Waals surface area contributed by atoms with Gasteiger partial charge in [-0.15, -0.1) is 0 Å². The Balaban J connectivity index is 2.28. The first-order valence-electron chi connectivity index (χ1n) is 6.91. The lowest BCUT2D eigenvalue weighted by atomic mass is 9.94. The number of benzene rings is 1. The quantitative estimate of drug-likeness (QED) is 0.823. The lowest BCUT2D eigenvalue weighted by Gasteiger charge is -2.34. The molecule has 0 bridgehead atoms. The van der Waals surface area contributed by atoms with Crippen molar-refractivity contribution in [2.75, 3.05) is 18.0 Å². The summed E-state index contributed by atoms with van der Waals surface area (Å²) in [5.41, 5.74) is 6.15. The fourth-order valence-corrected chi connectivity index (χ4v) is 3.33. The second kappa shape index (κ2) is 6.34. The molecule has 8 heteroatoms. The van der Waals surface area contributed by atoms with E-state index in [1.165, 1.54) is 12.1 Å². The molecule has 1 aliphatic rings. The van der Waals surface area contributed by atoms with Gasteiger partial charge in [-0.25, -0.2) is 13.6 Å². The molecule has 0 aromatic heterocycles. The first-order chi connectivity index (χ1) is 10.3. The number of hydrogen-bond acceptors (Lipinski definition) is 5. The molecule has 4 N–H and O–H groups in total. The molecule has 0 spiro atoms. The lowest BCUT2D eigenvalue weighted by molar-refractivity contribution is -0.118. The summed E-state index contributed by atoms with van der Waals surface area (Å²) in [6.45, 7) is 1.37. The average Bonchev–Trinajstić information content (AvgIpc) is 2.45. The van der Waals surface area contributed by atoms with Crippen molar-refractivity contribution in [2.24, 2.45) is 16.8 Å². The topological polar surface area (TPSA) is 130 Å². The van der Waals surface area contributed by atoms with Gasteiger partial charge in [0.1, 0.15) is 6.07 Å². The molecular weight excluding hydrogens is 304 g/mol. The van der Waals surface area contributed by atoms with Gasteiger partial charge in [0, 0.05) is 19.5 Å². The van der Waals surface area contributed by atoms with Crippen molar-refractivity contribution in [3.8, 4) is 6.07 Å². The number of amides is 1. The van der Waals surface area contributed by atoms with Gasteiger partial charge >= 0.3 is 0 Å². The minimum atomic E-state index is -3.84. The number of anilines is 1. The van der Waals surface area contributed by atoms with E-state index in [1.807, 2.05) is 11.0 Å². The molecule has 1 aromatic carbocycles. The van der Waals surface area contributed by atoms with Gasteiger partial charge in [0.15, 0.2) is 0 Å². The summed E-state index contributed by atoms with van der Waals surface area (Å²) in [6.07, 6.45) is 2.12. The van der Waals surface area contributed by atoms with E-state index in [2.05, 4.69) is 0 Å². The Morgan fingerprint density at radius 2 is 2.18 bits per heavy atom. The van der Waals surface area contributed by atoms with Crippen LogP contribution in [0.1, 0.15) is 24.8 Å². The number of primary sulfonamides is 1. The Labute approximate surface area is 129 Å². The molecule has 2 rings (SSSR count). The molecule has 1 amide bonds. The molecule has 0 saturated carbocycles. The molecule has 1 saturated heterocycles. The molecule has 1 aliphatic heterocycles. The highest BCUT2D eigenvalue weighted by Crippen LogP contribution is 2.28. The van der Waals surface area contributed by atoms with Crippen molar-refractivity contribution in [3.63, 3.8) is 0 Å². The maximum Gasteiger partial charge on any atom is 0.238 e. The van der Waals surface area contributed by atoms with Crippen LogP contribution in [0.15, 0.2) is 23.1 Å². The van der Waals surface area contributed by atoms with Gasteiger partial charge in [-0.1, -0.05) is 0 Å². The number of sulfonamides is 1. The van der Waals surface area contributed by atoms with Gasteiger partial charge in [0.25, 0.3) is 0 Å². The van der Waals surface area contributed by atoms with Crippen molar-refractivity contribution in [3.05, 3.63) is 23.8 Å². The summed E-state index contributed by atoms with van der Waals surface area (Å²) < 4.78 is 22.7. The molecule has 1 atom stereocenters. The third-order valence-electron chi connectivity index (χ3n) is 3.77. The second-order valence-electron chi connectivity index (χ2n) is 5.46. The van der Waals surface area contributed by atoms with Crippen LogP contribution in [0.4, 0.5) is 5.69 Å². The minimum Gasteiger partial charge on any atom is -0.370 e. The van der Waals surface area contributed by atoms with Crippen LogP contribution in [-0.2, 0) is 14.8 Å². The number of nitrogens with two attached hydrogens (primary N) is 2. The third-order valence-corrected chi connectivity index (χ3v) is 4.68. The van der Waals surface area contributed by atoms with E-state index < -0.39 is 10.0 Å². The molecule has 0 radical (unpaired) electrons. The summed E-state index contributed by atoms with van der Waals surface area (Å²) in [6, 6.07) is 6.27. The molecular formula is C14H18N4O3S. The monoisotopic (exact) mass is 322 g/mol. The average molecular weight is 322 g/mol. The number of primary amides is 1. The van der Waals surface area contributed by atoms with Crippen LogP contribution in [0.3, 0.4) is 0 Å². The van der Waals surface area contributed by atoms with Crippen LogP contribution in [0.5, 0.6) is 0 Å². The smallest absolute Gasteiger partial charge is 0.238 e. The summed E-state index contributed by atoms with van der Waals surface area (Å²) >= 11 is 0. The maximum atomic E-state index is 11.4. The van der Waals surface area contributed by atoms with Gasteiger partial charge < -0.3 is 10.6 Å². The number of carbonyl (C=O) groups is 1. The van der Waals surface area contributed by atoms with Crippen molar-refractivity contribution < 1.29 is 13.2 Å². The predicted octanol–water partition coefficient (Wildman–Crippen LogP) is 0.297. The largest absolute Gasteiger partial charge is 0.370 e. The highest BCUT2D eigenvalue weighted by Gasteiger charge is 2.24. The van der Waals surface area contributed by atoms with Crippen LogP contribution < -0.4 is 15.8 Å². The molecule has 118 valence electrons. The van der Waals surface area contributed by atoms with Gasteiger partial charge in [-0.2, -0.15) is 5.26 Å². The Hall–Kier alpha value is -2.11. The highest BCUT2D eigenvalue weighted by molar-refractivity contribution is 7.89. The summed E-state index contributed by atoms with van der Waals surface area (Å²) in [5.74, 6) is -0.187. The zero-order valence-corrected chi connectivity index (χ0v) is 12.8. The first kappa shape index (κ1) is 16.3. The van der Waals surface area contributed by atoms with Gasteiger partial charge in [-0.3, -0.25) is 4.79 Å². The zero-order chi connectivity index (χ0) is 16.3. The predicted molar refractivity (Wildman–Crippen MR) is 81.3 cm³/mol. The molecule has 7 nitrogen and oxygen atoms in total. The summed E-state index contributed by atoms with van der Waals surface area (Å²) in [7, 11) is -3.84. The van der Waals surface area contributed by atoms with E-state index >= 15 is 0 Å². The van der Waals surface area contributed by atoms with E-state index in [0.29, 0.717) is 18.7 Å². The zero-order valence-electron chi connectivity index (χ0n) is 12.0. The van der Waals surface area contributed by atoms with E-state index in [0.717, 1.165) is 19.4 Å². The Morgan fingerprint density at radius 1 is 1.45 bits per heavy atom. The fourth-order valence-electron chi connectivity index (χ4n) is 2.79. The lowest BCUT2D eigenvalue weighted by Crippen LogP contribution is -2.37. The summed E-state index contributed by atoms with van der Waals surface area (Å²) in [4.78, 5) is 13.0. The van der Waals surface area contributed by atoms with E-state index in [-0.39, 0.29) is 22.3 Å². The molecule has 1 aromatic rings. The molecule has 22 heavy (non-hydrogen) atoms. The summed E-state index contributed by atoms with van der Waals surface area (Å²) in [5, 5.41) is 14.3. The number of rotatable bonds is 4. The van der Waals surface area contributed by atoms with Crippen LogP contribution >= 0.6 is 0 Å². The van der Waals surface area contributed by atoms with Gasteiger partial charge in [-0.05, 0) is 37.0 Å². The Bertz CT molecular complexity index is 724. The number of nitrogens with zero attached hydrogens (tertiary/aromatic N) is 2. The number of piperidine rings is 1. The van der Waals surface area contributed by atoms with Gasteiger partial charge in [0.2, 0.25) is 15.9 Å². The second-order valence-corrected chi connectivity index (χ2v) is 7.02. The van der Waals surface area contributed by atoms with E-state index in [4.69, 9.17) is 10.9 Å². The minimum absolute atomic E-state index is 0.0847. The Kier molecular flexibility index (Phi) is 4.68. The van der Waals surface area contributed by atoms with Crippen molar-refractivity contribution >= 4 is 21.6 Å². The number of nitriles is 1. The maximum absolute atomic E-state index is 11.4. The first-order valence-corrected chi connectivity index (χ1v) is 8.46. The molecule has 1 unspecified atom stereocenters. The molecule has 1 fully saturated rings.